The van der Waals surface area contributed by atoms with Gasteiger partial charge in [-0.05, 0) is 6.42 Å². The van der Waals surface area contributed by atoms with Crippen LogP contribution in [0.2, 0.25) is 0 Å². The third-order valence-electron chi connectivity index (χ3n) is 5.63. The second-order valence-corrected chi connectivity index (χ2v) is 12.4. The average Bonchev–Trinajstić information content (AvgIpc) is 2.88. The standard InChI is InChI=1S/C26H51N2O10PS/c1-3-4-5-6-7-8-9-10-11-12-25(30)37-19-23(38-22(2)29)20-40-21-24(27)26(31)28-13-14-35-15-16-36-17-18-39(32,33)34/h23-24H,3-21,27H2,1-2H3,(H,28,31)(H2,32,33,34)/t23-,24+/m1/s1. The molecule has 0 aromatic rings. The first kappa shape index (κ1) is 38.8. The molecule has 0 spiro atoms. The van der Waals surface area contributed by atoms with Gasteiger partial charge in [0.1, 0.15) is 12.7 Å². The summed E-state index contributed by atoms with van der Waals surface area (Å²) in [4.78, 5) is 53.1. The van der Waals surface area contributed by atoms with Crippen LogP contribution in [0.1, 0.15) is 78.1 Å². The molecule has 2 atom stereocenters. The number of rotatable bonds is 27. The molecular formula is C26H51N2O10PS. The van der Waals surface area contributed by atoms with E-state index in [9.17, 15) is 18.9 Å². The van der Waals surface area contributed by atoms with Crippen LogP contribution in [0.15, 0.2) is 0 Å². The summed E-state index contributed by atoms with van der Waals surface area (Å²) >= 11 is 1.32. The minimum atomic E-state index is -4.06. The second kappa shape index (κ2) is 25.5. The summed E-state index contributed by atoms with van der Waals surface area (Å²) in [5.41, 5.74) is 5.93. The number of nitrogens with one attached hydrogen (secondary N) is 1. The van der Waals surface area contributed by atoms with Gasteiger partial charge < -0.3 is 39.8 Å². The van der Waals surface area contributed by atoms with Crippen LogP contribution in [-0.4, -0.2) is 97.0 Å². The van der Waals surface area contributed by atoms with Gasteiger partial charge in [0.05, 0.1) is 38.6 Å². The lowest BCUT2D eigenvalue weighted by Gasteiger charge is -2.18. The molecule has 0 rings (SSSR count). The van der Waals surface area contributed by atoms with Crippen LogP contribution in [-0.2, 0) is 37.9 Å². The molecule has 0 aliphatic rings. The lowest BCUT2D eigenvalue weighted by atomic mass is 10.1. The molecule has 0 heterocycles. The minimum Gasteiger partial charge on any atom is -0.462 e. The van der Waals surface area contributed by atoms with Crippen molar-refractivity contribution in [2.75, 3.05) is 57.2 Å². The van der Waals surface area contributed by atoms with Crippen LogP contribution in [0.5, 0.6) is 0 Å². The molecule has 5 N–H and O–H groups in total. The van der Waals surface area contributed by atoms with Crippen LogP contribution >= 0.6 is 19.4 Å². The second-order valence-electron chi connectivity index (χ2n) is 9.54. The Kier molecular flexibility index (Phi) is 24.7. The summed E-state index contributed by atoms with van der Waals surface area (Å²) in [6, 6.07) is -0.784. The fraction of sp³-hybridized carbons (Fsp3) is 0.885. The van der Waals surface area contributed by atoms with Crippen molar-refractivity contribution < 1.29 is 47.7 Å². The van der Waals surface area contributed by atoms with Gasteiger partial charge >= 0.3 is 19.5 Å². The summed E-state index contributed by atoms with van der Waals surface area (Å²) in [7, 11) is -4.06. The largest absolute Gasteiger partial charge is 0.462 e. The van der Waals surface area contributed by atoms with E-state index in [-0.39, 0.29) is 63.4 Å². The Labute approximate surface area is 243 Å². The molecule has 12 nitrogen and oxygen atoms in total. The number of hydrogen-bond acceptors (Lipinski definition) is 10. The Morgan fingerprint density at radius 2 is 1.50 bits per heavy atom. The van der Waals surface area contributed by atoms with Gasteiger partial charge in [-0.3, -0.25) is 18.9 Å². The molecule has 1 amide bonds. The number of ether oxygens (including phenoxy) is 4. The number of amides is 1. The van der Waals surface area contributed by atoms with Gasteiger partial charge in [-0.1, -0.05) is 58.3 Å². The van der Waals surface area contributed by atoms with Crippen molar-refractivity contribution in [3.05, 3.63) is 0 Å². The highest BCUT2D eigenvalue weighted by Gasteiger charge is 2.18. The van der Waals surface area contributed by atoms with Crippen molar-refractivity contribution in [3.8, 4) is 0 Å². The van der Waals surface area contributed by atoms with E-state index in [0.717, 1.165) is 19.3 Å². The first-order chi connectivity index (χ1) is 19.0. The van der Waals surface area contributed by atoms with Crippen LogP contribution in [0, 0.1) is 0 Å². The lowest BCUT2D eigenvalue weighted by Crippen LogP contribution is -2.43. The third kappa shape index (κ3) is 27.0. The van der Waals surface area contributed by atoms with Gasteiger partial charge in [0, 0.05) is 31.4 Å². The predicted molar refractivity (Wildman–Crippen MR) is 155 cm³/mol. The van der Waals surface area contributed by atoms with Gasteiger partial charge in [-0.15, -0.1) is 0 Å². The highest BCUT2D eigenvalue weighted by atomic mass is 32.2. The minimum absolute atomic E-state index is 0.0371. The van der Waals surface area contributed by atoms with Crippen molar-refractivity contribution in [1.82, 2.24) is 5.32 Å². The van der Waals surface area contributed by atoms with Gasteiger partial charge in [0.2, 0.25) is 5.91 Å². The van der Waals surface area contributed by atoms with Crippen molar-refractivity contribution >= 4 is 37.2 Å². The molecule has 40 heavy (non-hydrogen) atoms. The highest BCUT2D eigenvalue weighted by Crippen LogP contribution is 2.33. The number of hydrogen-bond donors (Lipinski definition) is 4. The maximum atomic E-state index is 12.1. The van der Waals surface area contributed by atoms with E-state index < -0.39 is 25.7 Å². The third-order valence-corrected chi connectivity index (χ3v) is 7.60. The van der Waals surface area contributed by atoms with E-state index in [2.05, 4.69) is 12.2 Å². The highest BCUT2D eigenvalue weighted by molar-refractivity contribution is 7.99. The van der Waals surface area contributed by atoms with Crippen molar-refractivity contribution in [2.24, 2.45) is 5.73 Å². The Hall–Kier alpha value is -1.21. The smallest absolute Gasteiger partial charge is 0.327 e. The zero-order valence-electron chi connectivity index (χ0n) is 24.2. The fourth-order valence-corrected chi connectivity index (χ4v) is 4.81. The summed E-state index contributed by atoms with van der Waals surface area (Å²) in [6.45, 7) is 4.27. The first-order valence-corrected chi connectivity index (χ1v) is 17.1. The van der Waals surface area contributed by atoms with Crippen LogP contribution in [0.3, 0.4) is 0 Å². The fourth-order valence-electron chi connectivity index (χ4n) is 3.47. The summed E-state index contributed by atoms with van der Waals surface area (Å²) in [5, 5.41) is 2.66. The van der Waals surface area contributed by atoms with Crippen LogP contribution in [0.25, 0.3) is 0 Å². The van der Waals surface area contributed by atoms with Gasteiger partial charge in [0.25, 0.3) is 0 Å². The SMILES string of the molecule is CCCCCCCCCCCC(=O)OC[C@H](CSC[C@H](N)C(=O)NCCOCCOCCP(=O)(O)O)OC(C)=O. The molecule has 0 bridgehead atoms. The van der Waals surface area contributed by atoms with E-state index in [1.54, 1.807) is 0 Å². The lowest BCUT2D eigenvalue weighted by molar-refractivity contribution is -0.156. The number of unbranched alkanes of at least 4 members (excludes halogenated alkanes) is 8. The zero-order valence-corrected chi connectivity index (χ0v) is 25.9. The normalized spacial score (nSPS) is 13.0. The molecule has 236 valence electrons. The van der Waals surface area contributed by atoms with Crippen LogP contribution in [0.4, 0.5) is 0 Å². The van der Waals surface area contributed by atoms with Gasteiger partial charge in [0.15, 0.2) is 0 Å². The topological polar surface area (TPSA) is 184 Å². The molecule has 14 heteroatoms. The van der Waals surface area contributed by atoms with E-state index in [1.165, 1.54) is 57.2 Å². The van der Waals surface area contributed by atoms with E-state index in [4.69, 9.17) is 34.5 Å². The molecule has 0 fully saturated rings. The van der Waals surface area contributed by atoms with E-state index in [0.29, 0.717) is 12.2 Å². The number of carbonyl (C=O) groups is 3. The quantitative estimate of drug-likeness (QED) is 0.0604. The molecule has 0 aromatic carbocycles. The molecular weight excluding hydrogens is 563 g/mol. The number of nitrogens with two attached hydrogens (primary N) is 1. The molecule has 0 saturated heterocycles. The molecule has 0 aliphatic heterocycles. The van der Waals surface area contributed by atoms with E-state index >= 15 is 0 Å². The summed E-state index contributed by atoms with van der Waals surface area (Å²) in [5.74, 6) is -0.530. The maximum absolute atomic E-state index is 12.1. The predicted octanol–water partition coefficient (Wildman–Crippen LogP) is 2.77. The maximum Gasteiger partial charge on any atom is 0.327 e. The van der Waals surface area contributed by atoms with E-state index in [1.807, 2.05) is 0 Å². The first-order valence-electron chi connectivity index (χ1n) is 14.2. The van der Waals surface area contributed by atoms with Gasteiger partial charge in [-0.25, -0.2) is 0 Å². The number of thioether (sulfide) groups is 1. The Morgan fingerprint density at radius 1 is 0.900 bits per heavy atom. The number of carbonyl (C=O) groups excluding carboxylic acids is 3. The Bertz CT molecular complexity index is 726. The summed E-state index contributed by atoms with van der Waals surface area (Å²) in [6.07, 6.45) is 9.83. The van der Waals surface area contributed by atoms with Crippen molar-refractivity contribution in [1.29, 1.82) is 0 Å². The van der Waals surface area contributed by atoms with Crippen LogP contribution < -0.4 is 11.1 Å². The Morgan fingerprint density at radius 3 is 2.10 bits per heavy atom. The average molecular weight is 615 g/mol. The molecule has 0 aliphatic carbocycles. The monoisotopic (exact) mass is 614 g/mol. The molecule has 0 unspecified atom stereocenters. The number of esters is 2. The zero-order chi connectivity index (χ0) is 30.1. The Balaban J connectivity index is 3.95. The molecule has 0 aromatic heterocycles. The van der Waals surface area contributed by atoms with Crippen molar-refractivity contribution in [3.63, 3.8) is 0 Å². The summed E-state index contributed by atoms with van der Waals surface area (Å²) < 4.78 is 31.6. The molecule has 0 saturated carbocycles. The molecule has 0 radical (unpaired) electrons. The van der Waals surface area contributed by atoms with Crippen molar-refractivity contribution in [2.45, 2.75) is 90.2 Å². The van der Waals surface area contributed by atoms with Gasteiger partial charge in [-0.2, -0.15) is 11.8 Å².